The number of nitrogens with one attached hydrogen (secondary N) is 1. The Kier molecular flexibility index (Phi) is 7.01. The van der Waals surface area contributed by atoms with Gasteiger partial charge in [0.05, 0.1) is 0 Å². The Labute approximate surface area is 101 Å². The van der Waals surface area contributed by atoms with Crippen LogP contribution in [0, 0.1) is 11.8 Å². The lowest BCUT2D eigenvalue weighted by molar-refractivity contribution is 0.0543. The van der Waals surface area contributed by atoms with E-state index in [1.54, 1.807) is 0 Å². The second-order valence-corrected chi connectivity index (χ2v) is 5.19. The van der Waals surface area contributed by atoms with Crippen LogP contribution in [0.25, 0.3) is 0 Å². The van der Waals surface area contributed by atoms with Crippen molar-refractivity contribution in [3.63, 3.8) is 0 Å². The van der Waals surface area contributed by atoms with Crippen molar-refractivity contribution in [2.75, 3.05) is 46.4 Å². The predicted molar refractivity (Wildman–Crippen MR) is 68.7 cm³/mol. The molecule has 3 heteroatoms. The van der Waals surface area contributed by atoms with Crippen LogP contribution in [0.3, 0.4) is 0 Å². The van der Waals surface area contributed by atoms with Crippen LogP contribution in [0.1, 0.15) is 26.7 Å². The Morgan fingerprint density at radius 3 is 2.69 bits per heavy atom. The maximum Gasteiger partial charge on any atom is 0.0469 e. The van der Waals surface area contributed by atoms with E-state index in [4.69, 9.17) is 4.74 Å². The molecule has 0 spiro atoms. The van der Waals surface area contributed by atoms with E-state index in [1.807, 2.05) is 0 Å². The van der Waals surface area contributed by atoms with Gasteiger partial charge in [0.25, 0.3) is 0 Å². The number of hydrogen-bond donors (Lipinski definition) is 1. The summed E-state index contributed by atoms with van der Waals surface area (Å²) in [6.45, 7) is 11.1. The molecule has 0 saturated carbocycles. The summed E-state index contributed by atoms with van der Waals surface area (Å²) in [5.41, 5.74) is 0. The second kappa shape index (κ2) is 8.04. The van der Waals surface area contributed by atoms with Crippen molar-refractivity contribution < 1.29 is 4.74 Å². The van der Waals surface area contributed by atoms with E-state index in [9.17, 15) is 0 Å². The van der Waals surface area contributed by atoms with Gasteiger partial charge in [0.1, 0.15) is 0 Å². The van der Waals surface area contributed by atoms with Crippen molar-refractivity contribution in [2.45, 2.75) is 26.7 Å². The van der Waals surface area contributed by atoms with Gasteiger partial charge in [-0.15, -0.1) is 0 Å². The van der Waals surface area contributed by atoms with Gasteiger partial charge >= 0.3 is 0 Å². The lowest BCUT2D eigenvalue weighted by atomic mass is 9.99. The summed E-state index contributed by atoms with van der Waals surface area (Å²) in [6, 6.07) is 0. The molecule has 1 aliphatic rings. The molecule has 1 saturated heterocycles. The topological polar surface area (TPSA) is 24.5 Å². The third-order valence-corrected chi connectivity index (χ3v) is 3.28. The Bertz CT molecular complexity index is 169. The number of hydrogen-bond acceptors (Lipinski definition) is 3. The molecule has 0 aromatic heterocycles. The van der Waals surface area contributed by atoms with Crippen LogP contribution in [0.15, 0.2) is 0 Å². The van der Waals surface area contributed by atoms with E-state index >= 15 is 0 Å². The van der Waals surface area contributed by atoms with Gasteiger partial charge in [0, 0.05) is 26.3 Å². The van der Waals surface area contributed by atoms with Gasteiger partial charge in [-0.05, 0) is 44.8 Å². The molecule has 1 rings (SSSR count). The van der Waals surface area contributed by atoms with Gasteiger partial charge in [-0.1, -0.05) is 13.8 Å². The molecule has 1 unspecified atom stereocenters. The maximum absolute atomic E-state index is 5.39. The van der Waals surface area contributed by atoms with Gasteiger partial charge in [-0.3, -0.25) is 0 Å². The molecule has 3 nitrogen and oxygen atoms in total. The molecule has 0 aromatic rings. The second-order valence-electron chi connectivity index (χ2n) is 5.19. The summed E-state index contributed by atoms with van der Waals surface area (Å²) in [7, 11) is 2.25. The highest BCUT2D eigenvalue weighted by Crippen LogP contribution is 2.15. The molecule has 1 aliphatic heterocycles. The van der Waals surface area contributed by atoms with E-state index < -0.39 is 0 Å². The standard InChI is InChI=1S/C13H28N2O/c1-4-14-9-12(2)10-15(3)11-13-5-7-16-8-6-13/h12-14H,4-11H2,1-3H3. The van der Waals surface area contributed by atoms with Gasteiger partial charge in [0.15, 0.2) is 0 Å². The zero-order valence-corrected chi connectivity index (χ0v) is 11.2. The minimum Gasteiger partial charge on any atom is -0.381 e. The zero-order valence-electron chi connectivity index (χ0n) is 11.2. The van der Waals surface area contributed by atoms with Crippen molar-refractivity contribution in [1.29, 1.82) is 0 Å². The minimum absolute atomic E-state index is 0.741. The summed E-state index contributed by atoms with van der Waals surface area (Å²) >= 11 is 0. The summed E-state index contributed by atoms with van der Waals surface area (Å²) in [4.78, 5) is 2.48. The van der Waals surface area contributed by atoms with Crippen LogP contribution >= 0.6 is 0 Å². The molecule has 1 N–H and O–H groups in total. The van der Waals surface area contributed by atoms with Gasteiger partial charge < -0.3 is 15.0 Å². The fourth-order valence-electron chi connectivity index (χ4n) is 2.43. The highest BCUT2D eigenvalue weighted by molar-refractivity contribution is 4.69. The van der Waals surface area contributed by atoms with Gasteiger partial charge in [-0.2, -0.15) is 0 Å². The van der Waals surface area contributed by atoms with E-state index in [0.717, 1.165) is 38.1 Å². The molecule has 1 fully saturated rings. The van der Waals surface area contributed by atoms with Crippen LogP contribution in [0.2, 0.25) is 0 Å². The van der Waals surface area contributed by atoms with E-state index in [2.05, 4.69) is 31.1 Å². The first kappa shape index (κ1) is 13.9. The quantitative estimate of drug-likeness (QED) is 0.716. The van der Waals surface area contributed by atoms with E-state index in [1.165, 1.54) is 25.9 Å². The van der Waals surface area contributed by atoms with Crippen LogP contribution in [-0.4, -0.2) is 51.3 Å². The molecule has 0 bridgehead atoms. The lowest BCUT2D eigenvalue weighted by Gasteiger charge is -2.28. The van der Waals surface area contributed by atoms with Crippen molar-refractivity contribution in [3.05, 3.63) is 0 Å². The van der Waals surface area contributed by atoms with Crippen LogP contribution < -0.4 is 5.32 Å². The van der Waals surface area contributed by atoms with Gasteiger partial charge in [-0.25, -0.2) is 0 Å². The highest BCUT2D eigenvalue weighted by atomic mass is 16.5. The summed E-state index contributed by atoms with van der Waals surface area (Å²) in [5.74, 6) is 1.59. The number of rotatable bonds is 7. The molecule has 0 aliphatic carbocycles. The molecule has 1 heterocycles. The van der Waals surface area contributed by atoms with Crippen LogP contribution in [0.4, 0.5) is 0 Å². The Morgan fingerprint density at radius 1 is 1.38 bits per heavy atom. The lowest BCUT2D eigenvalue weighted by Crippen LogP contribution is -2.35. The molecular formula is C13H28N2O. The Hall–Kier alpha value is -0.120. The predicted octanol–water partition coefficient (Wildman–Crippen LogP) is 1.59. The van der Waals surface area contributed by atoms with Crippen molar-refractivity contribution >= 4 is 0 Å². The molecule has 0 radical (unpaired) electrons. The van der Waals surface area contributed by atoms with E-state index in [0.29, 0.717) is 0 Å². The Balaban J connectivity index is 2.11. The average Bonchev–Trinajstić information content (AvgIpc) is 2.27. The largest absolute Gasteiger partial charge is 0.381 e. The van der Waals surface area contributed by atoms with Gasteiger partial charge in [0.2, 0.25) is 0 Å². The molecule has 1 atom stereocenters. The monoisotopic (exact) mass is 228 g/mol. The SMILES string of the molecule is CCNCC(C)CN(C)CC1CCOCC1. The summed E-state index contributed by atoms with van der Waals surface area (Å²) in [5, 5.41) is 3.41. The number of nitrogens with zero attached hydrogens (tertiary/aromatic N) is 1. The fraction of sp³-hybridized carbons (Fsp3) is 1.00. The van der Waals surface area contributed by atoms with E-state index in [-0.39, 0.29) is 0 Å². The third-order valence-electron chi connectivity index (χ3n) is 3.28. The molecule has 0 aromatic carbocycles. The molecule has 96 valence electrons. The smallest absolute Gasteiger partial charge is 0.0469 e. The van der Waals surface area contributed by atoms with Crippen molar-refractivity contribution in [1.82, 2.24) is 10.2 Å². The van der Waals surface area contributed by atoms with Crippen LogP contribution in [-0.2, 0) is 4.74 Å². The minimum atomic E-state index is 0.741. The Morgan fingerprint density at radius 2 is 2.06 bits per heavy atom. The summed E-state index contributed by atoms with van der Waals surface area (Å²) < 4.78 is 5.39. The normalized spacial score (nSPS) is 20.2. The average molecular weight is 228 g/mol. The molecular weight excluding hydrogens is 200 g/mol. The van der Waals surface area contributed by atoms with Crippen molar-refractivity contribution in [3.8, 4) is 0 Å². The molecule has 0 amide bonds. The highest BCUT2D eigenvalue weighted by Gasteiger charge is 2.16. The first-order valence-electron chi connectivity index (χ1n) is 6.69. The first-order chi connectivity index (χ1) is 7.72. The molecule has 16 heavy (non-hydrogen) atoms. The maximum atomic E-state index is 5.39. The summed E-state index contributed by atoms with van der Waals surface area (Å²) in [6.07, 6.45) is 2.48. The van der Waals surface area contributed by atoms with Crippen molar-refractivity contribution in [2.24, 2.45) is 11.8 Å². The fourth-order valence-corrected chi connectivity index (χ4v) is 2.43. The zero-order chi connectivity index (χ0) is 11.8. The van der Waals surface area contributed by atoms with Crippen LogP contribution in [0.5, 0.6) is 0 Å². The number of ether oxygens (including phenoxy) is 1. The third kappa shape index (κ3) is 5.83. The first-order valence-corrected chi connectivity index (χ1v) is 6.69.